The highest BCUT2D eigenvalue weighted by Gasteiger charge is 2.51. The molecule has 1 saturated heterocycles. The summed E-state index contributed by atoms with van der Waals surface area (Å²) in [6.45, 7) is -2.80. The second kappa shape index (κ2) is 11.8. The summed E-state index contributed by atoms with van der Waals surface area (Å²) < 4.78 is 30.1. The van der Waals surface area contributed by atoms with Crippen LogP contribution < -0.4 is 5.32 Å². The molecule has 5 rings (SSSR count). The highest BCUT2D eigenvalue weighted by Crippen LogP contribution is 2.51. The number of aromatic nitrogens is 8. The molecule has 3 aromatic rings. The number of ether oxygens (including phenoxy) is 3. The number of aromatic amines is 1. The lowest BCUT2D eigenvalue weighted by Crippen LogP contribution is -2.45. The Labute approximate surface area is 231 Å². The van der Waals surface area contributed by atoms with Gasteiger partial charge in [0.15, 0.2) is 17.7 Å². The zero-order valence-corrected chi connectivity index (χ0v) is 22.6. The van der Waals surface area contributed by atoms with Gasteiger partial charge in [-0.2, -0.15) is 20.3 Å². The number of H-pyrrole nitrogens is 1. The van der Waals surface area contributed by atoms with E-state index in [1.165, 1.54) is 10.9 Å². The van der Waals surface area contributed by atoms with Gasteiger partial charge < -0.3 is 44.6 Å². The van der Waals surface area contributed by atoms with Crippen molar-refractivity contribution < 1.29 is 43.9 Å². The molecule has 1 aliphatic carbocycles. The Balaban J connectivity index is 1.31. The van der Waals surface area contributed by atoms with Crippen LogP contribution in [0.2, 0.25) is 5.28 Å². The van der Waals surface area contributed by atoms with Crippen LogP contribution in [0.25, 0.3) is 11.0 Å². The number of nitrogens with one attached hydrogen (secondary N) is 2. The summed E-state index contributed by atoms with van der Waals surface area (Å²) >= 11 is 6.17. The van der Waals surface area contributed by atoms with E-state index in [0.29, 0.717) is 11.2 Å². The SMILES string of the molecule is O=P(O)(O)C(CO)(COCc1nn[nH]n1)OC[C@H]1O[C@@H](n2ncc3c(NC4CCCC4)nc(Cl)nc32)[C@H](O)[C@@H]1O. The molecule has 4 heterocycles. The smallest absolute Gasteiger partial charge is 0.361 e. The van der Waals surface area contributed by atoms with E-state index >= 15 is 0 Å². The molecule has 1 aliphatic heterocycles. The summed E-state index contributed by atoms with van der Waals surface area (Å²) in [7, 11) is -5.14. The molecule has 1 saturated carbocycles. The molecule has 7 N–H and O–H groups in total. The Bertz CT molecular complexity index is 1340. The normalized spacial score (nSPS) is 25.6. The maximum absolute atomic E-state index is 12.3. The third-order valence-corrected chi connectivity index (χ3v) is 8.57. The molecule has 0 bridgehead atoms. The summed E-state index contributed by atoms with van der Waals surface area (Å²) in [4.78, 5) is 28.4. The first-order valence-corrected chi connectivity index (χ1v) is 14.4. The van der Waals surface area contributed by atoms with Crippen molar-refractivity contribution in [2.24, 2.45) is 0 Å². The van der Waals surface area contributed by atoms with E-state index < -0.39 is 57.3 Å². The lowest BCUT2D eigenvalue weighted by atomic mass is 10.1. The highest BCUT2D eigenvalue weighted by atomic mass is 35.5. The predicted octanol–water partition coefficient (Wildman–Crippen LogP) is -0.934. The maximum Gasteiger partial charge on any atom is 0.361 e. The molecule has 220 valence electrons. The average Bonchev–Trinajstić information content (AvgIpc) is 3.71. The largest absolute Gasteiger partial charge is 0.393 e. The van der Waals surface area contributed by atoms with Gasteiger partial charge in [0.05, 0.1) is 31.4 Å². The van der Waals surface area contributed by atoms with Crippen LogP contribution in [-0.2, 0) is 25.4 Å². The van der Waals surface area contributed by atoms with Crippen LogP contribution >= 0.6 is 19.2 Å². The van der Waals surface area contributed by atoms with Gasteiger partial charge in [-0.15, -0.1) is 10.2 Å². The first kappa shape index (κ1) is 29.1. The van der Waals surface area contributed by atoms with Gasteiger partial charge >= 0.3 is 7.60 Å². The van der Waals surface area contributed by atoms with Crippen LogP contribution in [0.1, 0.15) is 37.7 Å². The molecular weight excluding hydrogens is 577 g/mol. The molecular formula is C20H29ClN9O9P. The fraction of sp³-hybridized carbons (Fsp3) is 0.700. The van der Waals surface area contributed by atoms with Crippen molar-refractivity contribution in [1.29, 1.82) is 0 Å². The number of halogens is 1. The number of aliphatic hydroxyl groups excluding tert-OH is 3. The Kier molecular flexibility index (Phi) is 8.63. The van der Waals surface area contributed by atoms with Crippen molar-refractivity contribution in [3.05, 3.63) is 17.3 Å². The molecule has 5 atom stereocenters. The zero-order chi connectivity index (χ0) is 28.5. The van der Waals surface area contributed by atoms with Crippen LogP contribution in [0.3, 0.4) is 0 Å². The van der Waals surface area contributed by atoms with Gasteiger partial charge in [0.25, 0.3) is 0 Å². The average molecular weight is 606 g/mol. The lowest BCUT2D eigenvalue weighted by Gasteiger charge is -2.33. The molecule has 2 aliphatic rings. The first-order chi connectivity index (χ1) is 19.1. The third kappa shape index (κ3) is 5.82. The van der Waals surface area contributed by atoms with E-state index in [1.54, 1.807) is 0 Å². The van der Waals surface area contributed by atoms with E-state index in [2.05, 4.69) is 41.0 Å². The van der Waals surface area contributed by atoms with Crippen molar-refractivity contribution in [1.82, 2.24) is 40.4 Å². The summed E-state index contributed by atoms with van der Waals surface area (Å²) in [6.07, 6.45) is 0.0711. The summed E-state index contributed by atoms with van der Waals surface area (Å²) in [6, 6.07) is 0.228. The topological polar surface area (TPSA) is 256 Å². The number of hydrogen-bond donors (Lipinski definition) is 7. The quantitative estimate of drug-likeness (QED) is 0.0971. The highest BCUT2D eigenvalue weighted by molar-refractivity contribution is 7.53. The van der Waals surface area contributed by atoms with Crippen molar-refractivity contribution >= 4 is 36.0 Å². The number of nitrogens with zero attached hydrogens (tertiary/aromatic N) is 7. The second-order valence-electron chi connectivity index (χ2n) is 9.62. The number of rotatable bonds is 12. The van der Waals surface area contributed by atoms with Crippen LogP contribution in [0.5, 0.6) is 0 Å². The number of hydrogen-bond acceptors (Lipinski definition) is 14. The van der Waals surface area contributed by atoms with Crippen molar-refractivity contribution in [3.8, 4) is 0 Å². The summed E-state index contributed by atoms with van der Waals surface area (Å²) in [5, 5.41) is 49.8. The Morgan fingerprint density at radius 2 is 2.02 bits per heavy atom. The molecule has 20 heteroatoms. The van der Waals surface area contributed by atoms with Crippen LogP contribution in [0, 0.1) is 0 Å². The van der Waals surface area contributed by atoms with Gasteiger partial charge in [0.1, 0.15) is 30.7 Å². The third-order valence-electron chi connectivity index (χ3n) is 6.94. The van der Waals surface area contributed by atoms with E-state index in [1.807, 2.05) is 0 Å². The molecule has 0 spiro atoms. The van der Waals surface area contributed by atoms with Crippen LogP contribution in [0.4, 0.5) is 5.82 Å². The predicted molar refractivity (Wildman–Crippen MR) is 134 cm³/mol. The Hall–Kier alpha value is -2.38. The maximum atomic E-state index is 12.3. The van der Waals surface area contributed by atoms with Gasteiger partial charge in [0, 0.05) is 6.04 Å². The van der Waals surface area contributed by atoms with E-state index in [-0.39, 0.29) is 29.4 Å². The first-order valence-electron chi connectivity index (χ1n) is 12.4. The number of tetrazole rings is 1. The summed E-state index contributed by atoms with van der Waals surface area (Å²) in [5.74, 6) is 0.589. The number of fused-ring (bicyclic) bond motifs is 1. The molecule has 18 nitrogen and oxygen atoms in total. The Morgan fingerprint density at radius 1 is 1.25 bits per heavy atom. The fourth-order valence-electron chi connectivity index (χ4n) is 4.70. The van der Waals surface area contributed by atoms with E-state index in [9.17, 15) is 29.7 Å². The standard InChI is InChI=1S/C20H29ClN9O9P/c21-19-24-16(23-10-3-1-2-4-10)11-5-22-30(17(11)25-19)18-15(33)14(32)12(39-18)6-38-20(8-31,40(34,35)36)9-37-7-13-26-28-29-27-13/h5,10,12,14-15,18,31-33H,1-4,6-9H2,(H,23,24,25)(H2,34,35,36)(H,26,27,28,29)/t12-,14-,15-,18-,20?/m1/s1. The molecule has 0 radical (unpaired) electrons. The minimum atomic E-state index is -5.14. The van der Waals surface area contributed by atoms with Gasteiger partial charge in [0.2, 0.25) is 10.6 Å². The van der Waals surface area contributed by atoms with Gasteiger partial charge in [-0.25, -0.2) is 4.68 Å². The van der Waals surface area contributed by atoms with Crippen molar-refractivity contribution in [2.75, 3.05) is 25.1 Å². The molecule has 40 heavy (non-hydrogen) atoms. The van der Waals surface area contributed by atoms with Gasteiger partial charge in [-0.3, -0.25) is 4.57 Å². The van der Waals surface area contributed by atoms with Crippen LogP contribution in [0.15, 0.2) is 6.20 Å². The molecule has 0 amide bonds. The number of anilines is 1. The number of aliphatic hydroxyl groups is 3. The summed E-state index contributed by atoms with van der Waals surface area (Å²) in [5.41, 5.74) is 0.244. The van der Waals surface area contributed by atoms with E-state index in [4.69, 9.17) is 25.8 Å². The second-order valence-corrected chi connectivity index (χ2v) is 11.9. The van der Waals surface area contributed by atoms with Gasteiger partial charge in [-0.1, -0.05) is 18.1 Å². The fourth-order valence-corrected chi connectivity index (χ4v) is 5.55. The minimum absolute atomic E-state index is 0.0575. The van der Waals surface area contributed by atoms with Gasteiger partial charge in [-0.05, 0) is 24.4 Å². The van der Waals surface area contributed by atoms with Crippen molar-refractivity contribution in [2.45, 2.75) is 68.2 Å². The molecule has 3 aromatic heterocycles. The molecule has 2 fully saturated rings. The lowest BCUT2D eigenvalue weighted by molar-refractivity contribution is -0.131. The van der Waals surface area contributed by atoms with Crippen molar-refractivity contribution in [3.63, 3.8) is 0 Å². The minimum Gasteiger partial charge on any atom is -0.393 e. The van der Waals surface area contributed by atoms with Crippen LogP contribution in [-0.4, -0.2) is 115 Å². The Morgan fingerprint density at radius 3 is 2.70 bits per heavy atom. The zero-order valence-electron chi connectivity index (χ0n) is 20.9. The molecule has 1 unspecified atom stereocenters. The molecule has 0 aromatic carbocycles. The van der Waals surface area contributed by atoms with E-state index in [0.717, 1.165) is 25.7 Å². The monoisotopic (exact) mass is 605 g/mol.